The van der Waals surface area contributed by atoms with E-state index in [9.17, 15) is 15.0 Å². The highest BCUT2D eigenvalue weighted by molar-refractivity contribution is 14.1. The van der Waals surface area contributed by atoms with E-state index in [0.29, 0.717) is 41.5 Å². The van der Waals surface area contributed by atoms with Crippen molar-refractivity contribution < 1.29 is 15.0 Å². The van der Waals surface area contributed by atoms with E-state index >= 15 is 0 Å². The van der Waals surface area contributed by atoms with Gasteiger partial charge < -0.3 is 15.1 Å². The van der Waals surface area contributed by atoms with E-state index in [-0.39, 0.29) is 18.4 Å². The number of aryl methyl sites for hydroxylation is 1. The SMILES string of the molecule is C[C@@H](/C=C/CCn1cc(C(CO)c2ccccc2)nn1)[C@]1(O)C(=O)N(Cc2cccc(I)c2)c2ccc(Cl)cc21. The number of amides is 1. The molecule has 0 aliphatic carbocycles. The molecule has 2 N–H and O–H groups in total. The fourth-order valence-electron chi connectivity index (χ4n) is 5.18. The highest BCUT2D eigenvalue weighted by atomic mass is 127. The first-order valence-corrected chi connectivity index (χ1v) is 14.6. The fourth-order valence-corrected chi connectivity index (χ4v) is 5.96. The summed E-state index contributed by atoms with van der Waals surface area (Å²) >= 11 is 8.56. The van der Waals surface area contributed by atoms with Crippen molar-refractivity contribution >= 4 is 45.8 Å². The minimum absolute atomic E-state index is 0.0568. The van der Waals surface area contributed by atoms with Gasteiger partial charge in [0.1, 0.15) is 0 Å². The van der Waals surface area contributed by atoms with Crippen molar-refractivity contribution in [2.24, 2.45) is 5.92 Å². The van der Waals surface area contributed by atoms with Gasteiger partial charge in [-0.2, -0.15) is 0 Å². The van der Waals surface area contributed by atoms with E-state index < -0.39 is 11.5 Å². The number of rotatable bonds is 10. The summed E-state index contributed by atoms with van der Waals surface area (Å²) in [6, 6.07) is 22.9. The van der Waals surface area contributed by atoms with Gasteiger partial charge in [-0.05, 0) is 70.5 Å². The van der Waals surface area contributed by atoms with E-state index in [1.165, 1.54) is 0 Å². The Kier molecular flexibility index (Phi) is 8.70. The molecule has 5 rings (SSSR count). The molecule has 7 nitrogen and oxygen atoms in total. The molecule has 1 aliphatic rings. The van der Waals surface area contributed by atoms with Gasteiger partial charge in [0.05, 0.1) is 30.5 Å². The molecule has 0 bridgehead atoms. The van der Waals surface area contributed by atoms with Gasteiger partial charge in [-0.25, -0.2) is 0 Å². The maximum atomic E-state index is 13.7. The molecule has 0 saturated carbocycles. The van der Waals surface area contributed by atoms with Crippen LogP contribution < -0.4 is 4.90 Å². The average molecular weight is 669 g/mol. The van der Waals surface area contributed by atoms with Crippen molar-refractivity contribution in [1.82, 2.24) is 15.0 Å². The third-order valence-electron chi connectivity index (χ3n) is 7.37. The van der Waals surface area contributed by atoms with E-state index in [0.717, 1.165) is 14.7 Å². The van der Waals surface area contributed by atoms with Crippen LogP contribution in [0.15, 0.2) is 91.1 Å². The smallest absolute Gasteiger partial charge is 0.264 e. The Bertz CT molecular complexity index is 1530. The van der Waals surface area contributed by atoms with Crippen molar-refractivity contribution in [3.63, 3.8) is 0 Å². The summed E-state index contributed by atoms with van der Waals surface area (Å²) in [7, 11) is 0. The first-order valence-electron chi connectivity index (χ1n) is 13.1. The minimum Gasteiger partial charge on any atom is -0.395 e. The normalized spacial score (nSPS) is 18.3. The largest absolute Gasteiger partial charge is 0.395 e. The number of nitrogens with zero attached hydrogens (tertiary/aromatic N) is 4. The summed E-state index contributed by atoms with van der Waals surface area (Å²) in [5, 5.41) is 30.7. The molecule has 3 atom stereocenters. The summed E-state index contributed by atoms with van der Waals surface area (Å²) in [4.78, 5) is 15.4. The Labute approximate surface area is 252 Å². The standard InChI is InChI=1S/C31H30ClIN4O3/c1-21(8-5-6-15-36-19-28(34-35-36)26(20-38)23-10-3-2-4-11-23)31(40)27-17-24(32)13-14-29(27)37(30(31)39)18-22-9-7-12-25(33)16-22/h2-5,7-14,16-17,19,21,26,38,40H,6,15,18,20H2,1H3/b8-5+/t21-,26?,31+/m0/s1. The topological polar surface area (TPSA) is 91.5 Å². The van der Waals surface area contributed by atoms with E-state index in [4.69, 9.17) is 11.6 Å². The van der Waals surface area contributed by atoms with E-state index in [2.05, 4.69) is 32.9 Å². The van der Waals surface area contributed by atoms with Crippen molar-refractivity contribution in [2.45, 2.75) is 38.0 Å². The van der Waals surface area contributed by atoms with Crippen LogP contribution in [0.1, 0.15) is 41.6 Å². The lowest BCUT2D eigenvalue weighted by Crippen LogP contribution is -2.44. The number of aromatic nitrogens is 3. The molecule has 1 aliphatic heterocycles. The van der Waals surface area contributed by atoms with Crippen LogP contribution in [-0.4, -0.2) is 37.7 Å². The second kappa shape index (κ2) is 12.2. The number of aliphatic hydroxyl groups is 2. The Morgan fingerprint density at radius 3 is 2.65 bits per heavy atom. The molecule has 206 valence electrons. The molecule has 0 radical (unpaired) electrons. The van der Waals surface area contributed by atoms with Gasteiger partial charge in [-0.3, -0.25) is 9.48 Å². The zero-order chi connectivity index (χ0) is 28.3. The number of carbonyl (C=O) groups excluding carboxylic acids is 1. The second-order valence-corrected chi connectivity index (χ2v) is 11.7. The maximum absolute atomic E-state index is 13.7. The van der Waals surface area contributed by atoms with E-state index in [1.54, 1.807) is 27.8 Å². The molecule has 0 saturated heterocycles. The third kappa shape index (κ3) is 5.72. The van der Waals surface area contributed by atoms with Crippen LogP contribution in [0.5, 0.6) is 0 Å². The van der Waals surface area contributed by atoms with Crippen molar-refractivity contribution in [2.75, 3.05) is 11.5 Å². The van der Waals surface area contributed by atoms with E-state index in [1.807, 2.05) is 79.9 Å². The summed E-state index contributed by atoms with van der Waals surface area (Å²) < 4.78 is 2.82. The van der Waals surface area contributed by atoms with Gasteiger partial charge in [-0.1, -0.05) is 78.4 Å². The zero-order valence-electron chi connectivity index (χ0n) is 22.0. The predicted octanol–water partition coefficient (Wildman–Crippen LogP) is 5.68. The van der Waals surface area contributed by atoms with Crippen LogP contribution in [0.4, 0.5) is 5.69 Å². The molecule has 1 unspecified atom stereocenters. The maximum Gasteiger partial charge on any atom is 0.264 e. The summed E-state index contributed by atoms with van der Waals surface area (Å²) in [5.41, 5.74) is 2.13. The van der Waals surface area contributed by atoms with Crippen LogP contribution in [-0.2, 0) is 23.5 Å². The number of benzene rings is 3. The molecular formula is C31H30ClIN4O3. The monoisotopic (exact) mass is 668 g/mol. The Balaban J connectivity index is 1.29. The number of hydrogen-bond acceptors (Lipinski definition) is 5. The minimum atomic E-state index is -1.73. The molecule has 9 heteroatoms. The molecule has 2 heterocycles. The van der Waals surface area contributed by atoms with Crippen LogP contribution in [0.25, 0.3) is 0 Å². The van der Waals surface area contributed by atoms with Gasteiger partial charge in [0.2, 0.25) is 0 Å². The lowest BCUT2D eigenvalue weighted by Gasteiger charge is -2.27. The quantitative estimate of drug-likeness (QED) is 0.168. The first-order chi connectivity index (χ1) is 19.3. The fraction of sp³-hybridized carbons (Fsp3) is 0.258. The van der Waals surface area contributed by atoms with Crippen LogP contribution in [0, 0.1) is 9.49 Å². The highest BCUT2D eigenvalue weighted by Crippen LogP contribution is 2.46. The number of hydrogen-bond donors (Lipinski definition) is 2. The van der Waals surface area contributed by atoms with Gasteiger partial charge in [0.25, 0.3) is 5.91 Å². The lowest BCUT2D eigenvalue weighted by molar-refractivity contribution is -0.139. The number of fused-ring (bicyclic) bond motifs is 1. The number of anilines is 1. The Morgan fingerprint density at radius 2 is 1.90 bits per heavy atom. The third-order valence-corrected chi connectivity index (χ3v) is 8.27. The second-order valence-electron chi connectivity index (χ2n) is 10.0. The van der Waals surface area contributed by atoms with Crippen LogP contribution in [0.2, 0.25) is 5.02 Å². The first kappa shape index (κ1) is 28.5. The molecule has 1 aromatic heterocycles. The van der Waals surface area contributed by atoms with Gasteiger partial charge >= 0.3 is 0 Å². The van der Waals surface area contributed by atoms with Crippen LogP contribution >= 0.6 is 34.2 Å². The van der Waals surface area contributed by atoms with Gasteiger partial charge in [0, 0.05) is 32.8 Å². The zero-order valence-corrected chi connectivity index (χ0v) is 24.9. The molecule has 0 fully saturated rings. The van der Waals surface area contributed by atoms with Crippen molar-refractivity contribution in [3.8, 4) is 0 Å². The molecule has 0 spiro atoms. The van der Waals surface area contributed by atoms with Gasteiger partial charge in [0.15, 0.2) is 5.60 Å². The number of carbonyl (C=O) groups is 1. The molecule has 40 heavy (non-hydrogen) atoms. The summed E-state index contributed by atoms with van der Waals surface area (Å²) in [5.74, 6) is -1.10. The number of allylic oxidation sites excluding steroid dienone is 1. The predicted molar refractivity (Wildman–Crippen MR) is 164 cm³/mol. The Morgan fingerprint density at radius 1 is 1.10 bits per heavy atom. The Hall–Kier alpha value is -3.05. The molecule has 1 amide bonds. The number of halogens is 2. The number of aliphatic hydroxyl groups excluding tert-OH is 1. The molecular weight excluding hydrogens is 639 g/mol. The lowest BCUT2D eigenvalue weighted by atomic mass is 9.83. The van der Waals surface area contributed by atoms with Crippen LogP contribution in [0.3, 0.4) is 0 Å². The molecule has 3 aromatic carbocycles. The van der Waals surface area contributed by atoms with Crippen molar-refractivity contribution in [3.05, 3.63) is 122 Å². The highest BCUT2D eigenvalue weighted by Gasteiger charge is 2.52. The van der Waals surface area contributed by atoms with Crippen molar-refractivity contribution in [1.29, 1.82) is 0 Å². The molecule has 4 aromatic rings. The average Bonchev–Trinajstić information content (AvgIpc) is 3.50. The van der Waals surface area contributed by atoms with Gasteiger partial charge in [-0.15, -0.1) is 5.10 Å². The summed E-state index contributed by atoms with van der Waals surface area (Å²) in [6.07, 6.45) is 6.29. The summed E-state index contributed by atoms with van der Waals surface area (Å²) in [6.45, 7) is 2.71.